The van der Waals surface area contributed by atoms with Crippen molar-refractivity contribution in [1.29, 1.82) is 0 Å². The van der Waals surface area contributed by atoms with Gasteiger partial charge in [-0.15, -0.1) is 0 Å². The van der Waals surface area contributed by atoms with Crippen molar-refractivity contribution >= 4 is 0 Å². The first-order valence-electron chi connectivity index (χ1n) is 6.39. The van der Waals surface area contributed by atoms with Crippen LogP contribution >= 0.6 is 0 Å². The summed E-state index contributed by atoms with van der Waals surface area (Å²) in [5.41, 5.74) is 6.74. The number of pyridine rings is 1. The lowest BCUT2D eigenvalue weighted by molar-refractivity contribution is 0.161. The van der Waals surface area contributed by atoms with Crippen molar-refractivity contribution in [3.05, 3.63) is 59.9 Å². The number of nitrogens with two attached hydrogens (primary N) is 1. The quantitative estimate of drug-likeness (QED) is 0.913. The predicted octanol–water partition coefficient (Wildman–Crippen LogP) is 3.22. The van der Waals surface area contributed by atoms with Crippen LogP contribution in [0.1, 0.15) is 25.0 Å². The van der Waals surface area contributed by atoms with E-state index in [0.29, 0.717) is 6.42 Å². The van der Waals surface area contributed by atoms with Crippen LogP contribution in [0.3, 0.4) is 0 Å². The van der Waals surface area contributed by atoms with Crippen molar-refractivity contribution in [3.8, 4) is 5.75 Å². The van der Waals surface area contributed by atoms with Gasteiger partial charge in [-0.25, -0.2) is 4.39 Å². The van der Waals surface area contributed by atoms with Crippen LogP contribution in [0.15, 0.2) is 42.7 Å². The van der Waals surface area contributed by atoms with Crippen molar-refractivity contribution in [2.75, 3.05) is 0 Å². The molecule has 2 unspecified atom stereocenters. The van der Waals surface area contributed by atoms with Gasteiger partial charge in [-0.2, -0.15) is 4.39 Å². The number of ether oxygens (including phenoxy) is 1. The summed E-state index contributed by atoms with van der Waals surface area (Å²) in [6.07, 6.45) is 3.29. The third-order valence-corrected chi connectivity index (χ3v) is 3.04. The molecule has 20 heavy (non-hydrogen) atoms. The van der Waals surface area contributed by atoms with Crippen LogP contribution in [0.2, 0.25) is 0 Å². The number of nitrogens with zero attached hydrogens (tertiary/aromatic N) is 1. The Hall–Kier alpha value is -2.01. The average Bonchev–Trinajstić information content (AvgIpc) is 2.49. The Morgan fingerprint density at radius 1 is 1.25 bits per heavy atom. The van der Waals surface area contributed by atoms with E-state index >= 15 is 0 Å². The smallest absolute Gasteiger partial charge is 0.200 e. The molecule has 2 atom stereocenters. The fraction of sp³-hybridized carbons (Fsp3) is 0.267. The van der Waals surface area contributed by atoms with Gasteiger partial charge < -0.3 is 10.5 Å². The standard InChI is InChI=1S/C15H16F2N2O/c1-2-12(18)15(10-5-4-8-19-9-10)20-13-7-3-6-11(16)14(13)17/h3-9,12,15H,2,18H2,1H3. The highest BCUT2D eigenvalue weighted by atomic mass is 19.2. The molecule has 5 heteroatoms. The number of rotatable bonds is 5. The van der Waals surface area contributed by atoms with E-state index in [9.17, 15) is 8.78 Å². The normalized spacial score (nSPS) is 13.8. The van der Waals surface area contributed by atoms with E-state index in [2.05, 4.69) is 4.98 Å². The second-order valence-corrected chi connectivity index (χ2v) is 4.45. The Bertz CT molecular complexity index is 563. The molecular weight excluding hydrogens is 262 g/mol. The van der Waals surface area contributed by atoms with Crippen LogP contribution in [0, 0.1) is 11.6 Å². The Morgan fingerprint density at radius 3 is 2.70 bits per heavy atom. The monoisotopic (exact) mass is 278 g/mol. The van der Waals surface area contributed by atoms with Gasteiger partial charge in [0.05, 0.1) is 0 Å². The Labute approximate surface area is 116 Å². The maximum absolute atomic E-state index is 13.7. The minimum absolute atomic E-state index is 0.150. The predicted molar refractivity (Wildman–Crippen MR) is 72.2 cm³/mol. The van der Waals surface area contributed by atoms with Gasteiger partial charge in [0, 0.05) is 24.0 Å². The molecule has 106 valence electrons. The average molecular weight is 278 g/mol. The zero-order valence-corrected chi connectivity index (χ0v) is 11.1. The lowest BCUT2D eigenvalue weighted by Gasteiger charge is -2.24. The zero-order chi connectivity index (χ0) is 14.5. The summed E-state index contributed by atoms with van der Waals surface area (Å²) in [6, 6.07) is 7.01. The molecule has 0 fully saturated rings. The van der Waals surface area contributed by atoms with Gasteiger partial charge in [-0.3, -0.25) is 4.98 Å². The summed E-state index contributed by atoms with van der Waals surface area (Å²) in [4.78, 5) is 4.00. The molecule has 2 aromatic rings. The molecule has 3 nitrogen and oxygen atoms in total. The molecule has 0 aliphatic heterocycles. The van der Waals surface area contributed by atoms with E-state index in [1.807, 2.05) is 6.92 Å². The third-order valence-electron chi connectivity index (χ3n) is 3.04. The molecule has 0 saturated carbocycles. The van der Waals surface area contributed by atoms with Crippen molar-refractivity contribution in [2.24, 2.45) is 5.73 Å². The van der Waals surface area contributed by atoms with Gasteiger partial charge in [0.1, 0.15) is 6.10 Å². The minimum Gasteiger partial charge on any atom is -0.481 e. The van der Waals surface area contributed by atoms with Crippen molar-refractivity contribution in [2.45, 2.75) is 25.5 Å². The van der Waals surface area contributed by atoms with Crippen molar-refractivity contribution < 1.29 is 13.5 Å². The van der Waals surface area contributed by atoms with Gasteiger partial charge in [0.15, 0.2) is 11.6 Å². The Balaban J connectivity index is 2.31. The van der Waals surface area contributed by atoms with Gasteiger partial charge >= 0.3 is 0 Å². The molecule has 2 rings (SSSR count). The first kappa shape index (κ1) is 14.4. The van der Waals surface area contributed by atoms with E-state index in [1.165, 1.54) is 12.1 Å². The summed E-state index contributed by atoms with van der Waals surface area (Å²) in [7, 11) is 0. The summed E-state index contributed by atoms with van der Waals surface area (Å²) >= 11 is 0. The van der Waals surface area contributed by atoms with E-state index in [4.69, 9.17) is 10.5 Å². The van der Waals surface area contributed by atoms with E-state index in [1.54, 1.807) is 24.5 Å². The maximum atomic E-state index is 13.7. The van der Waals surface area contributed by atoms with Crippen LogP contribution < -0.4 is 10.5 Å². The van der Waals surface area contributed by atoms with Crippen LogP contribution in [0.25, 0.3) is 0 Å². The highest BCUT2D eigenvalue weighted by molar-refractivity contribution is 5.27. The molecule has 0 radical (unpaired) electrons. The molecule has 0 saturated heterocycles. The minimum atomic E-state index is -1.01. The van der Waals surface area contributed by atoms with Gasteiger partial charge in [0.2, 0.25) is 5.82 Å². The number of aromatic nitrogens is 1. The van der Waals surface area contributed by atoms with Gasteiger partial charge in [-0.1, -0.05) is 19.1 Å². The molecule has 1 aromatic carbocycles. The Kier molecular flexibility index (Phi) is 4.63. The van der Waals surface area contributed by atoms with Gasteiger partial charge in [-0.05, 0) is 24.6 Å². The highest BCUT2D eigenvalue weighted by Crippen LogP contribution is 2.28. The second-order valence-electron chi connectivity index (χ2n) is 4.45. The van der Waals surface area contributed by atoms with Crippen molar-refractivity contribution in [1.82, 2.24) is 4.98 Å². The summed E-state index contributed by atoms with van der Waals surface area (Å²) < 4.78 is 32.5. The summed E-state index contributed by atoms with van der Waals surface area (Å²) in [5, 5.41) is 0. The molecule has 1 heterocycles. The van der Waals surface area contributed by atoms with Crippen LogP contribution in [0.5, 0.6) is 5.75 Å². The lowest BCUT2D eigenvalue weighted by atomic mass is 10.0. The molecule has 0 bridgehead atoms. The number of hydrogen-bond donors (Lipinski definition) is 1. The third kappa shape index (κ3) is 3.11. The number of hydrogen-bond acceptors (Lipinski definition) is 3. The first-order chi connectivity index (χ1) is 9.63. The topological polar surface area (TPSA) is 48.1 Å². The summed E-state index contributed by atoms with van der Waals surface area (Å²) in [5.74, 6) is -2.11. The van der Waals surface area contributed by atoms with Crippen molar-refractivity contribution in [3.63, 3.8) is 0 Å². The fourth-order valence-electron chi connectivity index (χ4n) is 1.87. The molecule has 0 spiro atoms. The number of halogens is 2. The van der Waals surface area contributed by atoms with Crippen LogP contribution in [0.4, 0.5) is 8.78 Å². The molecule has 0 aliphatic carbocycles. The molecule has 0 aliphatic rings. The van der Waals surface area contributed by atoms with E-state index < -0.39 is 17.7 Å². The van der Waals surface area contributed by atoms with Crippen LogP contribution in [-0.2, 0) is 0 Å². The molecule has 2 N–H and O–H groups in total. The highest BCUT2D eigenvalue weighted by Gasteiger charge is 2.22. The molecule has 0 amide bonds. The molecular formula is C15H16F2N2O. The van der Waals surface area contributed by atoms with Crippen LogP contribution in [-0.4, -0.2) is 11.0 Å². The lowest BCUT2D eigenvalue weighted by Crippen LogP contribution is -2.31. The largest absolute Gasteiger partial charge is 0.481 e. The van der Waals surface area contributed by atoms with Gasteiger partial charge in [0.25, 0.3) is 0 Å². The number of benzene rings is 1. The van der Waals surface area contributed by atoms with E-state index in [0.717, 1.165) is 11.6 Å². The maximum Gasteiger partial charge on any atom is 0.200 e. The summed E-state index contributed by atoms with van der Waals surface area (Å²) in [6.45, 7) is 1.90. The zero-order valence-electron chi connectivity index (χ0n) is 11.1. The Morgan fingerprint density at radius 2 is 2.05 bits per heavy atom. The second kappa shape index (κ2) is 6.43. The SMILES string of the molecule is CCC(N)C(Oc1cccc(F)c1F)c1cccnc1. The fourth-order valence-corrected chi connectivity index (χ4v) is 1.87. The van der Waals surface area contributed by atoms with E-state index in [-0.39, 0.29) is 11.8 Å². The molecule has 1 aromatic heterocycles. The first-order valence-corrected chi connectivity index (χ1v) is 6.39.